The van der Waals surface area contributed by atoms with Gasteiger partial charge in [0.1, 0.15) is 0 Å². The smallest absolute Gasteiger partial charge is 0.249 e. The molecule has 0 aliphatic carbocycles. The number of hydrogen-bond acceptors (Lipinski definition) is 1. The lowest BCUT2D eigenvalue weighted by molar-refractivity contribution is 1.24. The van der Waals surface area contributed by atoms with Crippen LogP contribution >= 0.6 is 11.6 Å². The molecular formula is C18H14ClNO. The molecule has 0 bridgehead atoms. The number of nitrogens with one attached hydrogen (secondary N) is 1. The fourth-order valence-electron chi connectivity index (χ4n) is 2.24. The van der Waals surface area contributed by atoms with E-state index in [1.165, 1.54) is 5.56 Å². The molecule has 0 saturated heterocycles. The number of pyridine rings is 1. The van der Waals surface area contributed by atoms with Crippen LogP contribution in [0.1, 0.15) is 5.56 Å². The summed E-state index contributed by atoms with van der Waals surface area (Å²) >= 11 is 5.90. The van der Waals surface area contributed by atoms with Crippen molar-refractivity contribution in [3.63, 3.8) is 0 Å². The molecule has 0 fully saturated rings. The second kappa shape index (κ2) is 5.58. The molecule has 104 valence electrons. The van der Waals surface area contributed by atoms with Crippen LogP contribution in [0.25, 0.3) is 22.4 Å². The largest absolute Gasteiger partial charge is 0.322 e. The molecule has 0 saturated carbocycles. The lowest BCUT2D eigenvalue weighted by atomic mass is 10.0. The molecule has 2 aromatic carbocycles. The average Bonchev–Trinajstić information content (AvgIpc) is 2.48. The van der Waals surface area contributed by atoms with Gasteiger partial charge in [-0.05, 0) is 41.8 Å². The van der Waals surface area contributed by atoms with Gasteiger partial charge in [-0.2, -0.15) is 0 Å². The van der Waals surface area contributed by atoms with Crippen LogP contribution in [0.2, 0.25) is 5.02 Å². The van der Waals surface area contributed by atoms with Crippen LogP contribution in [0.4, 0.5) is 0 Å². The zero-order valence-corrected chi connectivity index (χ0v) is 12.3. The van der Waals surface area contributed by atoms with Gasteiger partial charge in [0.25, 0.3) is 0 Å². The van der Waals surface area contributed by atoms with Gasteiger partial charge in [0.05, 0.1) is 0 Å². The summed E-state index contributed by atoms with van der Waals surface area (Å²) in [5, 5.41) is 0.683. The summed E-state index contributed by atoms with van der Waals surface area (Å²) in [6.07, 6.45) is 0. The van der Waals surface area contributed by atoms with E-state index in [0.717, 1.165) is 22.4 Å². The first-order valence-electron chi connectivity index (χ1n) is 6.69. The predicted molar refractivity (Wildman–Crippen MR) is 87.7 cm³/mol. The van der Waals surface area contributed by atoms with Crippen LogP contribution in [0.3, 0.4) is 0 Å². The number of hydrogen-bond donors (Lipinski definition) is 1. The van der Waals surface area contributed by atoms with E-state index < -0.39 is 0 Å². The summed E-state index contributed by atoms with van der Waals surface area (Å²) in [6, 6.07) is 19.1. The first kappa shape index (κ1) is 13.7. The van der Waals surface area contributed by atoms with Gasteiger partial charge in [-0.3, -0.25) is 4.79 Å². The number of rotatable bonds is 2. The van der Waals surface area contributed by atoms with Crippen LogP contribution in [0.5, 0.6) is 0 Å². The third kappa shape index (κ3) is 3.06. The maximum Gasteiger partial charge on any atom is 0.249 e. The fourth-order valence-corrected chi connectivity index (χ4v) is 2.37. The van der Waals surface area contributed by atoms with Crippen molar-refractivity contribution in [1.82, 2.24) is 4.98 Å². The molecule has 3 rings (SSSR count). The Morgan fingerprint density at radius 2 is 1.43 bits per heavy atom. The van der Waals surface area contributed by atoms with Crippen LogP contribution in [0, 0.1) is 6.92 Å². The van der Waals surface area contributed by atoms with Crippen LogP contribution in [0.15, 0.2) is 65.5 Å². The van der Waals surface area contributed by atoms with Gasteiger partial charge in [-0.1, -0.05) is 53.6 Å². The van der Waals surface area contributed by atoms with Crippen LogP contribution in [-0.2, 0) is 0 Å². The Morgan fingerprint density at radius 3 is 2.10 bits per heavy atom. The molecular weight excluding hydrogens is 282 g/mol. The van der Waals surface area contributed by atoms with E-state index in [9.17, 15) is 4.79 Å². The standard InChI is InChI=1S/C18H14ClNO/c1-12-2-4-14(5-3-12)17-10-15(11-18(21)20-17)13-6-8-16(19)9-7-13/h2-11H,1H3,(H,20,21). The van der Waals surface area contributed by atoms with E-state index >= 15 is 0 Å². The molecule has 1 heterocycles. The van der Waals surface area contributed by atoms with Gasteiger partial charge in [0.2, 0.25) is 5.56 Å². The molecule has 0 aliphatic rings. The quantitative estimate of drug-likeness (QED) is 0.732. The van der Waals surface area contributed by atoms with Crippen LogP contribution < -0.4 is 5.56 Å². The number of aryl methyl sites for hydroxylation is 1. The number of halogens is 1. The Kier molecular flexibility index (Phi) is 3.63. The van der Waals surface area contributed by atoms with Crippen molar-refractivity contribution in [2.24, 2.45) is 0 Å². The molecule has 3 heteroatoms. The van der Waals surface area contributed by atoms with E-state index in [1.807, 2.05) is 61.5 Å². The van der Waals surface area contributed by atoms with Gasteiger partial charge >= 0.3 is 0 Å². The van der Waals surface area contributed by atoms with Gasteiger partial charge in [0, 0.05) is 16.8 Å². The number of aromatic amines is 1. The summed E-state index contributed by atoms with van der Waals surface area (Å²) in [5.41, 5.74) is 4.73. The van der Waals surface area contributed by atoms with Gasteiger partial charge in [0.15, 0.2) is 0 Å². The van der Waals surface area contributed by atoms with E-state index in [0.29, 0.717) is 5.02 Å². The Morgan fingerprint density at radius 1 is 0.810 bits per heavy atom. The highest BCUT2D eigenvalue weighted by Gasteiger charge is 2.04. The molecule has 1 aromatic heterocycles. The topological polar surface area (TPSA) is 32.9 Å². The minimum atomic E-state index is -0.113. The average molecular weight is 296 g/mol. The lowest BCUT2D eigenvalue weighted by Gasteiger charge is -2.06. The molecule has 0 atom stereocenters. The minimum absolute atomic E-state index is 0.113. The molecule has 0 unspecified atom stereocenters. The summed E-state index contributed by atoms with van der Waals surface area (Å²) in [5.74, 6) is 0. The maximum absolute atomic E-state index is 11.9. The Bertz CT molecular complexity index is 750. The van der Waals surface area contributed by atoms with Gasteiger partial charge in [-0.25, -0.2) is 0 Å². The molecule has 0 radical (unpaired) electrons. The SMILES string of the molecule is Cc1ccc(-c2cc(-c3ccc(Cl)cc3)cc(=O)[nH]2)cc1. The molecule has 0 spiro atoms. The van der Waals surface area contributed by atoms with E-state index in [4.69, 9.17) is 11.6 Å². The highest BCUT2D eigenvalue weighted by Crippen LogP contribution is 2.24. The van der Waals surface area contributed by atoms with Crippen molar-refractivity contribution in [3.05, 3.63) is 81.6 Å². The van der Waals surface area contributed by atoms with E-state index in [-0.39, 0.29) is 5.56 Å². The Balaban J connectivity index is 2.10. The zero-order chi connectivity index (χ0) is 14.8. The predicted octanol–water partition coefficient (Wildman–Crippen LogP) is 4.67. The minimum Gasteiger partial charge on any atom is -0.322 e. The summed E-state index contributed by atoms with van der Waals surface area (Å²) in [7, 11) is 0. The first-order valence-corrected chi connectivity index (χ1v) is 7.07. The van der Waals surface area contributed by atoms with Gasteiger partial charge < -0.3 is 4.98 Å². The molecule has 1 N–H and O–H groups in total. The van der Waals surface area contributed by atoms with E-state index in [1.54, 1.807) is 6.07 Å². The lowest BCUT2D eigenvalue weighted by Crippen LogP contribution is -2.05. The maximum atomic E-state index is 11.9. The number of benzene rings is 2. The van der Waals surface area contributed by atoms with Crippen molar-refractivity contribution >= 4 is 11.6 Å². The summed E-state index contributed by atoms with van der Waals surface area (Å²) in [4.78, 5) is 14.8. The van der Waals surface area contributed by atoms with Gasteiger partial charge in [-0.15, -0.1) is 0 Å². The number of H-pyrrole nitrogens is 1. The highest BCUT2D eigenvalue weighted by molar-refractivity contribution is 6.30. The molecule has 2 nitrogen and oxygen atoms in total. The number of aromatic nitrogens is 1. The third-order valence-electron chi connectivity index (χ3n) is 3.38. The monoisotopic (exact) mass is 295 g/mol. The summed E-state index contributed by atoms with van der Waals surface area (Å²) in [6.45, 7) is 2.04. The highest BCUT2D eigenvalue weighted by atomic mass is 35.5. The normalized spacial score (nSPS) is 10.6. The fraction of sp³-hybridized carbons (Fsp3) is 0.0556. The second-order valence-electron chi connectivity index (χ2n) is 5.02. The van der Waals surface area contributed by atoms with Crippen molar-refractivity contribution in [2.45, 2.75) is 6.92 Å². The first-order chi connectivity index (χ1) is 10.1. The zero-order valence-electron chi connectivity index (χ0n) is 11.6. The third-order valence-corrected chi connectivity index (χ3v) is 3.64. The molecule has 0 aliphatic heterocycles. The molecule has 0 amide bonds. The van der Waals surface area contributed by atoms with Crippen LogP contribution in [-0.4, -0.2) is 4.98 Å². The summed E-state index contributed by atoms with van der Waals surface area (Å²) < 4.78 is 0. The van der Waals surface area contributed by atoms with E-state index in [2.05, 4.69) is 4.98 Å². The van der Waals surface area contributed by atoms with Crippen molar-refractivity contribution < 1.29 is 0 Å². The molecule has 21 heavy (non-hydrogen) atoms. The Labute approximate surface area is 128 Å². The van der Waals surface area contributed by atoms with Crippen molar-refractivity contribution in [2.75, 3.05) is 0 Å². The van der Waals surface area contributed by atoms with Crippen molar-refractivity contribution in [1.29, 1.82) is 0 Å². The Hall–Kier alpha value is -2.32. The van der Waals surface area contributed by atoms with Crippen molar-refractivity contribution in [3.8, 4) is 22.4 Å². The molecule has 3 aromatic rings. The second-order valence-corrected chi connectivity index (χ2v) is 5.46.